The van der Waals surface area contributed by atoms with Crippen molar-refractivity contribution in [2.24, 2.45) is 5.92 Å². The number of nitrogens with one attached hydrogen (secondary N) is 1. The molecule has 0 aliphatic carbocycles. The van der Waals surface area contributed by atoms with Gasteiger partial charge in [0.2, 0.25) is 0 Å². The van der Waals surface area contributed by atoms with E-state index in [-0.39, 0.29) is 29.4 Å². The molecule has 0 aromatic carbocycles. The zero-order valence-electron chi connectivity index (χ0n) is 15.2. The van der Waals surface area contributed by atoms with Crippen LogP contribution in [0, 0.1) is 12.8 Å². The number of hydrogen-bond acceptors (Lipinski definition) is 4. The Bertz CT molecular complexity index is 780. The quantitative estimate of drug-likeness (QED) is 0.866. The van der Waals surface area contributed by atoms with E-state index in [0.717, 1.165) is 31.5 Å². The molecule has 0 bridgehead atoms. The number of amides is 1. The second-order valence-corrected chi connectivity index (χ2v) is 6.84. The second-order valence-electron chi connectivity index (χ2n) is 6.84. The maximum Gasteiger partial charge on any atom is 0.263 e. The molecular formula is C19H26ClN3O3. The van der Waals surface area contributed by atoms with Gasteiger partial charge < -0.3 is 19.2 Å². The van der Waals surface area contributed by atoms with Gasteiger partial charge in [0.1, 0.15) is 5.56 Å². The van der Waals surface area contributed by atoms with E-state index in [2.05, 4.69) is 5.32 Å². The van der Waals surface area contributed by atoms with E-state index in [9.17, 15) is 9.59 Å². The number of carbonyl (C=O) groups is 1. The molecule has 1 N–H and O–H groups in total. The number of hydrogen-bond donors (Lipinski definition) is 1. The molecule has 1 saturated heterocycles. The molecule has 1 fully saturated rings. The molecule has 2 aromatic rings. The monoisotopic (exact) mass is 379 g/mol. The van der Waals surface area contributed by atoms with Gasteiger partial charge in [0.05, 0.1) is 12.5 Å². The van der Waals surface area contributed by atoms with Gasteiger partial charge in [-0.25, -0.2) is 0 Å². The number of furan rings is 1. The number of aromatic nitrogens is 1. The molecule has 2 aromatic heterocycles. The maximum atomic E-state index is 12.9. The van der Waals surface area contributed by atoms with Crippen LogP contribution in [-0.4, -0.2) is 35.5 Å². The van der Waals surface area contributed by atoms with Crippen LogP contribution in [0.4, 0.5) is 0 Å². The average molecular weight is 380 g/mol. The fourth-order valence-electron chi connectivity index (χ4n) is 3.35. The van der Waals surface area contributed by atoms with Crippen molar-refractivity contribution in [2.75, 3.05) is 20.1 Å². The summed E-state index contributed by atoms with van der Waals surface area (Å²) in [6.07, 6.45) is 7.23. The van der Waals surface area contributed by atoms with Crippen molar-refractivity contribution < 1.29 is 9.21 Å². The number of rotatable bonds is 5. The van der Waals surface area contributed by atoms with Crippen molar-refractivity contribution in [3.63, 3.8) is 0 Å². The van der Waals surface area contributed by atoms with Gasteiger partial charge >= 0.3 is 0 Å². The first-order valence-electron chi connectivity index (χ1n) is 8.73. The Balaban J connectivity index is 0.00000243. The summed E-state index contributed by atoms with van der Waals surface area (Å²) in [5, 5.41) is 3.37. The van der Waals surface area contributed by atoms with Gasteiger partial charge in [0.15, 0.2) is 0 Å². The van der Waals surface area contributed by atoms with Crippen molar-refractivity contribution in [3.8, 4) is 0 Å². The van der Waals surface area contributed by atoms with Gasteiger partial charge in [0, 0.05) is 31.9 Å². The van der Waals surface area contributed by atoms with E-state index in [0.29, 0.717) is 24.6 Å². The molecule has 1 amide bonds. The molecule has 6 nitrogen and oxygen atoms in total. The smallest absolute Gasteiger partial charge is 0.263 e. The predicted octanol–water partition coefficient (Wildman–Crippen LogP) is 2.44. The lowest BCUT2D eigenvalue weighted by Gasteiger charge is -2.24. The Morgan fingerprint density at radius 3 is 2.88 bits per heavy atom. The summed E-state index contributed by atoms with van der Waals surface area (Å²) in [5.41, 5.74) is 1.68. The van der Waals surface area contributed by atoms with Crippen LogP contribution in [-0.2, 0) is 13.1 Å². The first-order valence-corrected chi connectivity index (χ1v) is 8.73. The molecular weight excluding hydrogens is 354 g/mol. The normalized spacial score (nSPS) is 16.8. The molecule has 3 heterocycles. The minimum atomic E-state index is -0.250. The topological polar surface area (TPSA) is 67.5 Å². The Labute approximate surface area is 159 Å². The van der Waals surface area contributed by atoms with Crippen molar-refractivity contribution >= 4 is 18.3 Å². The molecule has 1 aliphatic heterocycles. The SMILES string of the molecule is Cc1ccn(CC2CCCNC2)c(=O)c1C(=O)N(C)Cc1ccoc1.Cl. The van der Waals surface area contributed by atoms with Crippen LogP contribution in [0.3, 0.4) is 0 Å². The molecule has 1 atom stereocenters. The third-order valence-corrected chi connectivity index (χ3v) is 4.79. The lowest BCUT2D eigenvalue weighted by Crippen LogP contribution is -2.38. The molecule has 7 heteroatoms. The standard InChI is InChI=1S/C19H25N3O3.ClH/c1-14-5-8-22(12-15-4-3-7-20-10-15)19(24)17(14)18(23)21(2)11-16-6-9-25-13-16;/h5-6,8-9,13,15,20H,3-4,7,10-12H2,1-2H3;1H. The Hall–Kier alpha value is -2.05. The Morgan fingerprint density at radius 2 is 2.23 bits per heavy atom. The van der Waals surface area contributed by atoms with Crippen molar-refractivity contribution in [1.29, 1.82) is 0 Å². The highest BCUT2D eigenvalue weighted by Gasteiger charge is 2.21. The molecule has 0 saturated carbocycles. The zero-order valence-corrected chi connectivity index (χ0v) is 16.1. The molecule has 1 aliphatic rings. The van der Waals surface area contributed by atoms with Crippen LogP contribution in [0.25, 0.3) is 0 Å². The fourth-order valence-corrected chi connectivity index (χ4v) is 3.35. The van der Waals surface area contributed by atoms with E-state index in [4.69, 9.17) is 4.42 Å². The third-order valence-electron chi connectivity index (χ3n) is 4.79. The summed E-state index contributed by atoms with van der Waals surface area (Å²) in [6, 6.07) is 3.67. The summed E-state index contributed by atoms with van der Waals surface area (Å²) in [4.78, 5) is 27.3. The molecule has 0 radical (unpaired) electrons. The van der Waals surface area contributed by atoms with Gasteiger partial charge in [0.25, 0.3) is 11.5 Å². The average Bonchev–Trinajstić information content (AvgIpc) is 3.11. The molecule has 142 valence electrons. The highest BCUT2D eigenvalue weighted by molar-refractivity contribution is 5.95. The Morgan fingerprint density at radius 1 is 1.42 bits per heavy atom. The van der Waals surface area contributed by atoms with E-state index in [1.54, 1.807) is 35.2 Å². The summed E-state index contributed by atoms with van der Waals surface area (Å²) >= 11 is 0. The van der Waals surface area contributed by atoms with Crippen molar-refractivity contribution in [2.45, 2.75) is 32.9 Å². The number of halogens is 1. The summed E-state index contributed by atoms with van der Waals surface area (Å²) in [7, 11) is 1.70. The Kier molecular flexibility index (Phi) is 7.06. The molecule has 0 spiro atoms. The summed E-state index contributed by atoms with van der Waals surface area (Å²) < 4.78 is 6.73. The zero-order chi connectivity index (χ0) is 17.8. The van der Waals surface area contributed by atoms with Crippen molar-refractivity contribution in [1.82, 2.24) is 14.8 Å². The summed E-state index contributed by atoms with van der Waals surface area (Å²) in [6.45, 7) is 4.84. The lowest BCUT2D eigenvalue weighted by atomic mass is 9.99. The van der Waals surface area contributed by atoms with Gasteiger partial charge in [-0.1, -0.05) is 0 Å². The number of piperidine rings is 1. The minimum absolute atomic E-state index is 0. The highest BCUT2D eigenvalue weighted by atomic mass is 35.5. The van der Waals surface area contributed by atoms with E-state index < -0.39 is 0 Å². The highest BCUT2D eigenvalue weighted by Crippen LogP contribution is 2.14. The van der Waals surface area contributed by atoms with Crippen molar-refractivity contribution in [3.05, 3.63) is 57.9 Å². The first-order chi connectivity index (χ1) is 12.1. The predicted molar refractivity (Wildman–Crippen MR) is 103 cm³/mol. The van der Waals surface area contributed by atoms with E-state index in [1.807, 2.05) is 19.1 Å². The number of pyridine rings is 1. The molecule has 1 unspecified atom stereocenters. The summed E-state index contributed by atoms with van der Waals surface area (Å²) in [5.74, 6) is 0.181. The van der Waals surface area contributed by atoms with Crippen LogP contribution in [0.2, 0.25) is 0 Å². The second kappa shape index (κ2) is 9.05. The van der Waals surface area contributed by atoms with Crippen LogP contribution < -0.4 is 10.9 Å². The van der Waals surface area contributed by atoms with Gasteiger partial charge in [-0.3, -0.25) is 9.59 Å². The van der Waals surface area contributed by atoms with E-state index in [1.165, 1.54) is 0 Å². The maximum absolute atomic E-state index is 12.9. The molecule has 26 heavy (non-hydrogen) atoms. The number of carbonyl (C=O) groups excluding carboxylic acids is 1. The fraction of sp³-hybridized carbons (Fsp3) is 0.474. The first kappa shape index (κ1) is 20.3. The van der Waals surface area contributed by atoms with Gasteiger partial charge in [-0.15, -0.1) is 12.4 Å². The lowest BCUT2D eigenvalue weighted by molar-refractivity contribution is 0.0781. The third kappa shape index (κ3) is 4.56. The van der Waals surface area contributed by atoms with Gasteiger partial charge in [-0.05, 0) is 56.5 Å². The van der Waals surface area contributed by atoms with E-state index >= 15 is 0 Å². The van der Waals surface area contributed by atoms with Crippen LogP contribution >= 0.6 is 12.4 Å². The minimum Gasteiger partial charge on any atom is -0.472 e. The van der Waals surface area contributed by atoms with Crippen LogP contribution in [0.5, 0.6) is 0 Å². The van der Waals surface area contributed by atoms with Crippen LogP contribution in [0.15, 0.2) is 40.1 Å². The number of nitrogens with zero attached hydrogens (tertiary/aromatic N) is 2. The van der Waals surface area contributed by atoms with Crippen LogP contribution in [0.1, 0.15) is 34.3 Å². The molecule has 3 rings (SSSR count). The number of aryl methyl sites for hydroxylation is 1. The van der Waals surface area contributed by atoms with Gasteiger partial charge in [-0.2, -0.15) is 0 Å². The largest absolute Gasteiger partial charge is 0.472 e.